The molecule has 0 bridgehead atoms. The Morgan fingerprint density at radius 1 is 1.45 bits per heavy atom. The van der Waals surface area contributed by atoms with Crippen molar-refractivity contribution in [2.24, 2.45) is 11.8 Å². The molecule has 22 heavy (non-hydrogen) atoms. The summed E-state index contributed by atoms with van der Waals surface area (Å²) in [7, 11) is 0. The van der Waals surface area contributed by atoms with E-state index in [2.05, 4.69) is 26.1 Å². The number of amides is 1. The van der Waals surface area contributed by atoms with Crippen molar-refractivity contribution in [3.63, 3.8) is 0 Å². The number of aryl methyl sites for hydroxylation is 1. The van der Waals surface area contributed by atoms with Gasteiger partial charge in [-0.2, -0.15) is 0 Å². The number of hydrogen-bond acceptors (Lipinski definition) is 4. The number of carbonyl (C=O) groups excluding carboxylic acids is 2. The molecule has 5 heteroatoms. The SMILES string of the molecule is CC(C)CCNC(=O)COC(=O)c1cc2c(s1)CCC(C)C2. The third kappa shape index (κ3) is 4.83. The van der Waals surface area contributed by atoms with Crippen LogP contribution < -0.4 is 5.32 Å². The summed E-state index contributed by atoms with van der Waals surface area (Å²) in [6, 6.07) is 1.94. The van der Waals surface area contributed by atoms with Crippen LogP contribution in [0.15, 0.2) is 6.07 Å². The quantitative estimate of drug-likeness (QED) is 0.818. The predicted molar refractivity (Wildman–Crippen MR) is 88.3 cm³/mol. The largest absolute Gasteiger partial charge is 0.451 e. The minimum Gasteiger partial charge on any atom is -0.451 e. The van der Waals surface area contributed by atoms with E-state index in [9.17, 15) is 9.59 Å². The second-order valence-corrected chi connectivity index (χ2v) is 7.65. The van der Waals surface area contributed by atoms with Gasteiger partial charge in [0, 0.05) is 11.4 Å². The van der Waals surface area contributed by atoms with E-state index in [0.29, 0.717) is 23.3 Å². The third-order valence-corrected chi connectivity index (χ3v) is 5.13. The Labute approximate surface area is 136 Å². The van der Waals surface area contributed by atoms with Gasteiger partial charge >= 0.3 is 5.97 Å². The zero-order valence-corrected chi connectivity index (χ0v) is 14.4. The summed E-state index contributed by atoms with van der Waals surface area (Å²) in [5, 5.41) is 2.76. The number of carbonyl (C=O) groups is 2. The molecule has 0 aliphatic heterocycles. The van der Waals surface area contributed by atoms with Crippen molar-refractivity contribution in [2.75, 3.05) is 13.2 Å². The number of fused-ring (bicyclic) bond motifs is 1. The van der Waals surface area contributed by atoms with Gasteiger partial charge in [-0.3, -0.25) is 4.79 Å². The van der Waals surface area contributed by atoms with Gasteiger partial charge in [-0.1, -0.05) is 20.8 Å². The molecule has 0 radical (unpaired) electrons. The second-order valence-electron chi connectivity index (χ2n) is 6.52. The van der Waals surface area contributed by atoms with Crippen LogP contribution in [-0.4, -0.2) is 25.0 Å². The first kappa shape index (κ1) is 17.0. The van der Waals surface area contributed by atoms with E-state index in [1.54, 1.807) is 0 Å². The molecule has 1 heterocycles. The summed E-state index contributed by atoms with van der Waals surface area (Å²) in [6.07, 6.45) is 4.19. The van der Waals surface area contributed by atoms with E-state index < -0.39 is 0 Å². The van der Waals surface area contributed by atoms with Crippen molar-refractivity contribution in [1.82, 2.24) is 5.32 Å². The van der Waals surface area contributed by atoms with Gasteiger partial charge in [0.2, 0.25) is 0 Å². The van der Waals surface area contributed by atoms with Crippen molar-refractivity contribution in [3.05, 3.63) is 21.4 Å². The van der Waals surface area contributed by atoms with Crippen LogP contribution >= 0.6 is 11.3 Å². The summed E-state index contributed by atoms with van der Waals surface area (Å²) in [5.74, 6) is 0.607. The molecule has 0 spiro atoms. The topological polar surface area (TPSA) is 55.4 Å². The Morgan fingerprint density at radius 3 is 2.95 bits per heavy atom. The van der Waals surface area contributed by atoms with E-state index >= 15 is 0 Å². The number of thiophene rings is 1. The molecule has 1 amide bonds. The highest BCUT2D eigenvalue weighted by Crippen LogP contribution is 2.32. The summed E-state index contributed by atoms with van der Waals surface area (Å²) in [4.78, 5) is 25.6. The summed E-state index contributed by atoms with van der Waals surface area (Å²) < 4.78 is 5.11. The maximum atomic E-state index is 12.0. The van der Waals surface area contributed by atoms with Crippen LogP contribution in [0, 0.1) is 11.8 Å². The fourth-order valence-corrected chi connectivity index (χ4v) is 3.66. The predicted octanol–water partition coefficient (Wildman–Crippen LogP) is 3.19. The minimum absolute atomic E-state index is 0.199. The lowest BCUT2D eigenvalue weighted by Crippen LogP contribution is -2.30. The van der Waals surface area contributed by atoms with Crippen LogP contribution in [0.1, 0.15) is 53.7 Å². The lowest BCUT2D eigenvalue weighted by molar-refractivity contribution is -0.124. The number of hydrogen-bond donors (Lipinski definition) is 1. The Bertz CT molecular complexity index is 536. The third-order valence-electron chi connectivity index (χ3n) is 3.91. The first-order valence-corrected chi connectivity index (χ1v) is 8.82. The maximum Gasteiger partial charge on any atom is 0.348 e. The molecule has 1 aliphatic rings. The first-order chi connectivity index (χ1) is 10.5. The standard InChI is InChI=1S/C17H25NO3S/c1-11(2)6-7-18-16(19)10-21-17(20)15-9-13-8-12(3)4-5-14(13)22-15/h9,11-12H,4-8,10H2,1-3H3,(H,18,19). The van der Waals surface area contributed by atoms with Gasteiger partial charge in [0.1, 0.15) is 4.88 Å². The van der Waals surface area contributed by atoms with Crippen LogP contribution in [0.2, 0.25) is 0 Å². The molecular formula is C17H25NO3S. The normalized spacial score (nSPS) is 17.2. The molecule has 122 valence electrons. The Hall–Kier alpha value is -1.36. The number of ether oxygens (including phenoxy) is 1. The number of nitrogens with one attached hydrogen (secondary N) is 1. The molecule has 0 aromatic carbocycles. The number of rotatable bonds is 6. The average molecular weight is 323 g/mol. The van der Waals surface area contributed by atoms with Gasteiger partial charge in [0.25, 0.3) is 5.91 Å². The van der Waals surface area contributed by atoms with E-state index in [1.165, 1.54) is 28.2 Å². The fourth-order valence-electron chi connectivity index (χ4n) is 2.56. The molecule has 1 aliphatic carbocycles. The van der Waals surface area contributed by atoms with E-state index in [4.69, 9.17) is 4.74 Å². The molecule has 1 aromatic rings. The molecule has 1 unspecified atom stereocenters. The van der Waals surface area contributed by atoms with Gasteiger partial charge in [0.15, 0.2) is 6.61 Å². The van der Waals surface area contributed by atoms with Gasteiger partial charge < -0.3 is 10.1 Å². The lowest BCUT2D eigenvalue weighted by atomic mass is 9.90. The summed E-state index contributed by atoms with van der Waals surface area (Å²) in [5.41, 5.74) is 1.28. The van der Waals surface area contributed by atoms with Crippen molar-refractivity contribution in [1.29, 1.82) is 0 Å². The van der Waals surface area contributed by atoms with Gasteiger partial charge in [0.05, 0.1) is 0 Å². The highest BCUT2D eigenvalue weighted by Gasteiger charge is 2.21. The zero-order valence-electron chi connectivity index (χ0n) is 13.6. The van der Waals surface area contributed by atoms with Crippen LogP contribution in [0.3, 0.4) is 0 Å². The monoisotopic (exact) mass is 323 g/mol. The molecule has 0 fully saturated rings. The van der Waals surface area contributed by atoms with E-state index in [1.807, 2.05) is 6.07 Å². The fraction of sp³-hybridized carbons (Fsp3) is 0.647. The highest BCUT2D eigenvalue weighted by molar-refractivity contribution is 7.14. The summed E-state index contributed by atoms with van der Waals surface area (Å²) >= 11 is 1.51. The van der Waals surface area contributed by atoms with Crippen molar-refractivity contribution in [2.45, 2.75) is 46.5 Å². The molecule has 1 N–H and O–H groups in total. The van der Waals surface area contributed by atoms with Crippen molar-refractivity contribution >= 4 is 23.2 Å². The second kappa shape index (κ2) is 7.77. The first-order valence-electron chi connectivity index (χ1n) is 8.01. The average Bonchev–Trinajstić information content (AvgIpc) is 2.87. The van der Waals surface area contributed by atoms with Crippen LogP contribution in [-0.2, 0) is 22.4 Å². The minimum atomic E-state index is -0.383. The van der Waals surface area contributed by atoms with Crippen LogP contribution in [0.4, 0.5) is 0 Å². The number of esters is 1. The molecular weight excluding hydrogens is 298 g/mol. The summed E-state index contributed by atoms with van der Waals surface area (Å²) in [6.45, 7) is 6.87. The van der Waals surface area contributed by atoms with Crippen molar-refractivity contribution < 1.29 is 14.3 Å². The van der Waals surface area contributed by atoms with E-state index in [0.717, 1.165) is 19.3 Å². The lowest BCUT2D eigenvalue weighted by Gasteiger charge is -2.16. The molecule has 1 aromatic heterocycles. The highest BCUT2D eigenvalue weighted by atomic mass is 32.1. The smallest absolute Gasteiger partial charge is 0.348 e. The maximum absolute atomic E-state index is 12.0. The van der Waals surface area contributed by atoms with Gasteiger partial charge in [-0.25, -0.2) is 4.79 Å². The molecule has 0 saturated heterocycles. The molecule has 2 rings (SSSR count). The Balaban J connectivity index is 1.79. The van der Waals surface area contributed by atoms with Crippen molar-refractivity contribution in [3.8, 4) is 0 Å². The molecule has 0 saturated carbocycles. The van der Waals surface area contributed by atoms with Crippen LogP contribution in [0.5, 0.6) is 0 Å². The van der Waals surface area contributed by atoms with Gasteiger partial charge in [-0.15, -0.1) is 11.3 Å². The molecule has 1 atom stereocenters. The Kier molecular flexibility index (Phi) is 6.00. The van der Waals surface area contributed by atoms with E-state index in [-0.39, 0.29) is 18.5 Å². The zero-order chi connectivity index (χ0) is 16.1. The Morgan fingerprint density at radius 2 is 2.23 bits per heavy atom. The molecule has 4 nitrogen and oxygen atoms in total. The van der Waals surface area contributed by atoms with Gasteiger partial charge in [-0.05, 0) is 49.1 Å². The van der Waals surface area contributed by atoms with Crippen LogP contribution in [0.25, 0.3) is 0 Å².